The van der Waals surface area contributed by atoms with E-state index < -0.39 is 53.2 Å². The molecule has 224 valence electrons. The highest BCUT2D eigenvalue weighted by atomic mass is 16.6. The van der Waals surface area contributed by atoms with E-state index in [1.165, 1.54) is 4.90 Å². The van der Waals surface area contributed by atoms with E-state index in [9.17, 15) is 24.3 Å². The second kappa shape index (κ2) is 13.2. The van der Waals surface area contributed by atoms with Gasteiger partial charge >= 0.3 is 12.1 Å². The molecule has 0 aromatic rings. The van der Waals surface area contributed by atoms with E-state index in [0.29, 0.717) is 12.5 Å². The number of nitrogens with one attached hydrogen (secondary N) is 2. The highest BCUT2D eigenvalue weighted by Crippen LogP contribution is 2.45. The third-order valence-electron chi connectivity index (χ3n) is 7.47. The number of hydrogen-bond acceptors (Lipinski definition) is 8. The zero-order chi connectivity index (χ0) is 29.7. The van der Waals surface area contributed by atoms with Gasteiger partial charge in [-0.2, -0.15) is 0 Å². The van der Waals surface area contributed by atoms with Crippen LogP contribution in [-0.2, 0) is 23.9 Å². The van der Waals surface area contributed by atoms with Crippen molar-refractivity contribution in [3.63, 3.8) is 0 Å². The standard InChI is InChI=1S/C29H46N4O7/c1-7-10-11-14-32(20-12-13-20)18-22(30-27(38)40-28(4,5)6)25(36)33-17-21(34)15-23(33)24(35)31-29(16-19(29)8-2)26(37)39-9-3/h7-8,19-23,34H,1-2,9-18H2,3-6H3,(H,30,38)(H,31,35)/t19?,21-,22+,23?,29?/m1/s1. The van der Waals surface area contributed by atoms with Crippen LogP contribution in [0.3, 0.4) is 0 Å². The lowest BCUT2D eigenvalue weighted by Crippen LogP contribution is -2.59. The first-order valence-electron chi connectivity index (χ1n) is 14.3. The molecule has 0 spiro atoms. The number of rotatable bonds is 14. The van der Waals surface area contributed by atoms with E-state index in [2.05, 4.69) is 28.7 Å². The average molecular weight is 563 g/mol. The Balaban J connectivity index is 1.80. The van der Waals surface area contributed by atoms with Gasteiger partial charge in [-0.05, 0) is 66.3 Å². The Morgan fingerprint density at radius 3 is 2.48 bits per heavy atom. The number of carbonyl (C=O) groups is 4. The van der Waals surface area contributed by atoms with Gasteiger partial charge in [-0.15, -0.1) is 13.2 Å². The van der Waals surface area contributed by atoms with Gasteiger partial charge in [-0.1, -0.05) is 12.2 Å². The van der Waals surface area contributed by atoms with E-state index in [1.807, 2.05) is 6.08 Å². The van der Waals surface area contributed by atoms with Crippen molar-refractivity contribution in [3.05, 3.63) is 25.3 Å². The molecule has 3 amide bonds. The Morgan fingerprint density at radius 2 is 1.93 bits per heavy atom. The predicted molar refractivity (Wildman–Crippen MR) is 149 cm³/mol. The number of esters is 1. The van der Waals surface area contributed by atoms with Crippen LogP contribution in [0.1, 0.15) is 66.2 Å². The number of carbonyl (C=O) groups excluding carboxylic acids is 4. The van der Waals surface area contributed by atoms with Gasteiger partial charge in [0.1, 0.15) is 23.2 Å². The zero-order valence-electron chi connectivity index (χ0n) is 24.3. The summed E-state index contributed by atoms with van der Waals surface area (Å²) in [5, 5.41) is 16.0. The van der Waals surface area contributed by atoms with Gasteiger partial charge in [0, 0.05) is 31.5 Å². The Morgan fingerprint density at radius 1 is 1.23 bits per heavy atom. The van der Waals surface area contributed by atoms with Gasteiger partial charge in [0.25, 0.3) is 0 Å². The molecule has 3 fully saturated rings. The number of ether oxygens (including phenoxy) is 2. The monoisotopic (exact) mass is 562 g/mol. The van der Waals surface area contributed by atoms with Crippen LogP contribution in [0.5, 0.6) is 0 Å². The van der Waals surface area contributed by atoms with Crippen molar-refractivity contribution in [3.8, 4) is 0 Å². The van der Waals surface area contributed by atoms with E-state index in [-0.39, 0.29) is 32.0 Å². The summed E-state index contributed by atoms with van der Waals surface area (Å²) in [5.41, 5.74) is -1.99. The fraction of sp³-hybridized carbons (Fsp3) is 0.724. The minimum Gasteiger partial charge on any atom is -0.464 e. The fourth-order valence-electron chi connectivity index (χ4n) is 5.24. The maximum atomic E-state index is 14.0. The van der Waals surface area contributed by atoms with Crippen molar-refractivity contribution in [2.75, 3.05) is 26.2 Å². The molecule has 11 heteroatoms. The predicted octanol–water partition coefficient (Wildman–Crippen LogP) is 1.90. The SMILES string of the molecule is C=CCCCN(C[C@H](NC(=O)OC(C)(C)C)C(=O)N1C[C@H](O)CC1C(=O)NC1(C(=O)OCC)CC1C=C)C1CC1. The van der Waals surface area contributed by atoms with Crippen LogP contribution in [0.15, 0.2) is 25.3 Å². The number of unbranched alkanes of at least 4 members (excludes halogenated alkanes) is 1. The van der Waals surface area contributed by atoms with Gasteiger partial charge in [0.2, 0.25) is 11.8 Å². The van der Waals surface area contributed by atoms with Gasteiger partial charge in [-0.3, -0.25) is 14.5 Å². The van der Waals surface area contributed by atoms with Gasteiger partial charge in [0.15, 0.2) is 0 Å². The summed E-state index contributed by atoms with van der Waals surface area (Å²) in [6.45, 7) is 15.5. The average Bonchev–Trinajstić information content (AvgIpc) is 3.79. The topological polar surface area (TPSA) is 138 Å². The molecule has 3 rings (SSSR count). The minimum atomic E-state index is -1.22. The molecule has 1 aliphatic heterocycles. The summed E-state index contributed by atoms with van der Waals surface area (Å²) in [5.74, 6) is -1.87. The lowest BCUT2D eigenvalue weighted by atomic mass is 10.1. The summed E-state index contributed by atoms with van der Waals surface area (Å²) in [7, 11) is 0. The van der Waals surface area contributed by atoms with Crippen molar-refractivity contribution in [2.24, 2.45) is 5.92 Å². The van der Waals surface area contributed by atoms with Crippen LogP contribution in [-0.4, -0.2) is 100 Å². The maximum Gasteiger partial charge on any atom is 0.408 e. The van der Waals surface area contributed by atoms with Crippen molar-refractivity contribution in [1.29, 1.82) is 0 Å². The number of amides is 3. The van der Waals surface area contributed by atoms with Gasteiger partial charge in [-0.25, -0.2) is 9.59 Å². The number of hydrogen-bond donors (Lipinski definition) is 3. The molecule has 0 radical (unpaired) electrons. The number of alkyl carbamates (subject to hydrolysis) is 1. The van der Waals surface area contributed by atoms with Crippen molar-refractivity contribution in [2.45, 2.75) is 102 Å². The maximum absolute atomic E-state index is 14.0. The third kappa shape index (κ3) is 8.06. The fourth-order valence-corrected chi connectivity index (χ4v) is 5.24. The number of β-amino-alcohol motifs (C(OH)–C–C–N with tert-alkyl or cyclic N) is 1. The summed E-state index contributed by atoms with van der Waals surface area (Å²) < 4.78 is 10.6. The third-order valence-corrected chi connectivity index (χ3v) is 7.47. The van der Waals surface area contributed by atoms with Crippen LogP contribution in [0.4, 0.5) is 4.79 Å². The van der Waals surface area contributed by atoms with Crippen LogP contribution in [0.25, 0.3) is 0 Å². The van der Waals surface area contributed by atoms with Gasteiger partial charge < -0.3 is 30.1 Å². The summed E-state index contributed by atoms with van der Waals surface area (Å²) in [6.07, 6.45) is 5.86. The lowest BCUT2D eigenvalue weighted by molar-refractivity contribution is -0.150. The molecule has 3 N–H and O–H groups in total. The summed E-state index contributed by atoms with van der Waals surface area (Å²) in [6, 6.07) is -1.70. The Hall–Kier alpha value is -2.92. The second-order valence-corrected chi connectivity index (χ2v) is 12.0. The molecular weight excluding hydrogens is 516 g/mol. The Kier molecular flexibility index (Phi) is 10.4. The Bertz CT molecular complexity index is 976. The molecule has 1 heterocycles. The van der Waals surface area contributed by atoms with Gasteiger partial charge in [0.05, 0.1) is 12.7 Å². The van der Waals surface area contributed by atoms with Crippen LogP contribution < -0.4 is 10.6 Å². The van der Waals surface area contributed by atoms with Crippen LogP contribution in [0.2, 0.25) is 0 Å². The number of allylic oxidation sites excluding steroid dienone is 1. The molecule has 2 saturated carbocycles. The van der Waals surface area contributed by atoms with Crippen LogP contribution >= 0.6 is 0 Å². The van der Waals surface area contributed by atoms with Crippen molar-refractivity contribution >= 4 is 23.9 Å². The molecule has 3 aliphatic rings. The lowest BCUT2D eigenvalue weighted by Gasteiger charge is -2.33. The van der Waals surface area contributed by atoms with Crippen molar-refractivity contribution < 1.29 is 33.8 Å². The first kappa shape index (κ1) is 31.6. The van der Waals surface area contributed by atoms with Crippen molar-refractivity contribution in [1.82, 2.24) is 20.4 Å². The summed E-state index contributed by atoms with van der Waals surface area (Å²) >= 11 is 0. The largest absolute Gasteiger partial charge is 0.464 e. The minimum absolute atomic E-state index is 0.0140. The number of nitrogens with zero attached hydrogens (tertiary/aromatic N) is 2. The first-order chi connectivity index (χ1) is 18.8. The molecule has 0 bridgehead atoms. The zero-order valence-corrected chi connectivity index (χ0v) is 24.3. The molecular formula is C29H46N4O7. The highest BCUT2D eigenvalue weighted by Gasteiger charge is 2.62. The molecule has 5 atom stereocenters. The Labute approximate surface area is 237 Å². The van der Waals surface area contributed by atoms with E-state index >= 15 is 0 Å². The van der Waals surface area contributed by atoms with E-state index in [0.717, 1.165) is 32.2 Å². The number of aliphatic hydroxyl groups is 1. The quantitative estimate of drug-likeness (QED) is 0.166. The molecule has 2 aliphatic carbocycles. The number of likely N-dealkylation sites (tertiary alicyclic amines) is 1. The molecule has 0 aromatic heterocycles. The van der Waals surface area contributed by atoms with E-state index in [1.54, 1.807) is 33.8 Å². The molecule has 0 aromatic carbocycles. The first-order valence-corrected chi connectivity index (χ1v) is 14.3. The highest BCUT2D eigenvalue weighted by molar-refractivity contribution is 5.96. The second-order valence-electron chi connectivity index (χ2n) is 12.0. The van der Waals surface area contributed by atoms with E-state index in [4.69, 9.17) is 9.47 Å². The molecule has 11 nitrogen and oxygen atoms in total. The van der Waals surface area contributed by atoms with Crippen LogP contribution in [0, 0.1) is 5.92 Å². The molecule has 3 unspecified atom stereocenters. The molecule has 1 saturated heterocycles. The number of aliphatic hydroxyl groups excluding tert-OH is 1. The normalized spacial score (nSPS) is 26.6. The smallest absolute Gasteiger partial charge is 0.408 e. The molecule has 40 heavy (non-hydrogen) atoms. The summed E-state index contributed by atoms with van der Waals surface area (Å²) in [4.78, 5) is 56.4.